The minimum absolute atomic E-state index is 0.175. The maximum absolute atomic E-state index is 12.1. The summed E-state index contributed by atoms with van der Waals surface area (Å²) >= 11 is 1.14. The molecule has 0 radical (unpaired) electrons. The number of aldehydes is 1. The van der Waals surface area contributed by atoms with Gasteiger partial charge >= 0.3 is 0 Å². The molecule has 1 aliphatic heterocycles. The van der Waals surface area contributed by atoms with Gasteiger partial charge in [0.1, 0.15) is 16.9 Å². The highest BCUT2D eigenvalue weighted by Gasteiger charge is 2.33. The number of nitrogens with one attached hydrogen (secondary N) is 2. The van der Waals surface area contributed by atoms with Gasteiger partial charge in [-0.2, -0.15) is 0 Å². The molecule has 0 aliphatic carbocycles. The van der Waals surface area contributed by atoms with Crippen LogP contribution in [0.5, 0.6) is 5.75 Å². The number of hydrogen-bond donors (Lipinski definition) is 2. The van der Waals surface area contributed by atoms with Crippen molar-refractivity contribution >= 4 is 34.6 Å². The first kappa shape index (κ1) is 17.1. The molecule has 0 saturated heterocycles. The Hall–Kier alpha value is -2.74. The number of amides is 2. The summed E-state index contributed by atoms with van der Waals surface area (Å²) < 4.78 is 5.37. The van der Waals surface area contributed by atoms with Gasteiger partial charge < -0.3 is 10.1 Å². The average Bonchev–Trinajstić information content (AvgIpc) is 2.94. The molecule has 2 aromatic rings. The summed E-state index contributed by atoms with van der Waals surface area (Å²) in [6, 6.07) is 6.53. The summed E-state index contributed by atoms with van der Waals surface area (Å²) in [6.07, 6.45) is 1.31. The van der Waals surface area contributed by atoms with Crippen LogP contribution in [0.25, 0.3) is 0 Å². The van der Waals surface area contributed by atoms with Crippen LogP contribution in [0.4, 0.5) is 5.13 Å². The molecule has 1 aromatic heterocycles. The molecule has 0 spiro atoms. The van der Waals surface area contributed by atoms with Crippen LogP contribution in [-0.4, -0.2) is 35.2 Å². The molecule has 1 aliphatic rings. The van der Waals surface area contributed by atoms with Crippen molar-refractivity contribution in [2.24, 2.45) is 0 Å². The van der Waals surface area contributed by atoms with Gasteiger partial charge in [0, 0.05) is 17.5 Å². The normalized spacial score (nSPS) is 15.0. The van der Waals surface area contributed by atoms with E-state index in [1.807, 2.05) is 13.8 Å². The smallest absolute Gasteiger partial charge is 0.264 e. The number of benzene rings is 1. The van der Waals surface area contributed by atoms with Crippen molar-refractivity contribution in [3.05, 3.63) is 40.4 Å². The first-order valence-corrected chi connectivity index (χ1v) is 8.48. The Balaban J connectivity index is 1.62. The van der Waals surface area contributed by atoms with Gasteiger partial charge in [-0.25, -0.2) is 4.98 Å². The third-order valence-corrected chi connectivity index (χ3v) is 4.59. The molecule has 8 heteroatoms. The zero-order valence-electron chi connectivity index (χ0n) is 13.8. The second-order valence-electron chi connectivity index (χ2n) is 6.34. The monoisotopic (exact) mass is 359 g/mol. The van der Waals surface area contributed by atoms with Gasteiger partial charge in [0.2, 0.25) is 0 Å². The molecule has 25 heavy (non-hydrogen) atoms. The van der Waals surface area contributed by atoms with E-state index in [1.165, 1.54) is 0 Å². The maximum atomic E-state index is 12.1. The molecule has 3 rings (SSSR count). The fraction of sp³-hybridized carbons (Fsp3) is 0.294. The van der Waals surface area contributed by atoms with Crippen molar-refractivity contribution in [3.63, 3.8) is 0 Å². The minimum Gasteiger partial charge on any atom is -0.484 e. The van der Waals surface area contributed by atoms with E-state index in [0.29, 0.717) is 39.7 Å². The number of aromatic nitrogens is 1. The maximum Gasteiger partial charge on any atom is 0.264 e. The van der Waals surface area contributed by atoms with Crippen molar-refractivity contribution in [1.29, 1.82) is 0 Å². The van der Waals surface area contributed by atoms with E-state index < -0.39 is 0 Å². The number of carbonyl (C=O) groups excluding carboxylic acids is 3. The SMILES string of the molecule is CC1(C)Cc2nc(NC(=O)COc3cccc(C=O)c3)sc2C(=O)N1. The number of fused-ring (bicyclic) bond motifs is 1. The Morgan fingerprint density at radius 1 is 1.48 bits per heavy atom. The number of rotatable bonds is 5. The summed E-state index contributed by atoms with van der Waals surface area (Å²) in [5.74, 6) is -0.132. The molecule has 0 saturated carbocycles. The molecule has 2 heterocycles. The summed E-state index contributed by atoms with van der Waals surface area (Å²) in [4.78, 5) is 39.7. The van der Waals surface area contributed by atoms with Crippen LogP contribution < -0.4 is 15.4 Å². The molecular formula is C17H17N3O4S. The molecular weight excluding hydrogens is 342 g/mol. The Kier molecular flexibility index (Phi) is 4.54. The van der Waals surface area contributed by atoms with E-state index in [0.717, 1.165) is 11.3 Å². The van der Waals surface area contributed by atoms with E-state index in [1.54, 1.807) is 24.3 Å². The second kappa shape index (κ2) is 6.64. The topological polar surface area (TPSA) is 97.4 Å². The fourth-order valence-corrected chi connectivity index (χ4v) is 3.40. The highest BCUT2D eigenvalue weighted by Crippen LogP contribution is 2.30. The Morgan fingerprint density at radius 3 is 3.04 bits per heavy atom. The molecule has 0 fully saturated rings. The zero-order valence-corrected chi connectivity index (χ0v) is 14.6. The summed E-state index contributed by atoms with van der Waals surface area (Å²) in [7, 11) is 0. The molecule has 7 nitrogen and oxygen atoms in total. The standard InChI is InChI=1S/C17H17N3O4S/c1-17(2)7-12-14(15(23)20-17)25-16(18-12)19-13(22)9-24-11-5-3-4-10(6-11)8-21/h3-6,8H,7,9H2,1-2H3,(H,20,23)(H,18,19,22). The highest BCUT2D eigenvalue weighted by atomic mass is 32.1. The number of carbonyl (C=O) groups is 3. The number of ether oxygens (including phenoxy) is 1. The van der Waals surface area contributed by atoms with Crippen molar-refractivity contribution in [2.75, 3.05) is 11.9 Å². The Labute approximate surface area is 148 Å². The van der Waals surface area contributed by atoms with Crippen LogP contribution in [0, 0.1) is 0 Å². The van der Waals surface area contributed by atoms with E-state index in [2.05, 4.69) is 15.6 Å². The van der Waals surface area contributed by atoms with Crippen molar-refractivity contribution in [2.45, 2.75) is 25.8 Å². The van der Waals surface area contributed by atoms with Crippen LogP contribution in [0.2, 0.25) is 0 Å². The first-order chi connectivity index (χ1) is 11.9. The van der Waals surface area contributed by atoms with Crippen molar-refractivity contribution < 1.29 is 19.1 Å². The van der Waals surface area contributed by atoms with Gasteiger partial charge in [-0.05, 0) is 26.0 Å². The third-order valence-electron chi connectivity index (χ3n) is 3.58. The number of hydrogen-bond acceptors (Lipinski definition) is 6. The van der Waals surface area contributed by atoms with E-state index in [-0.39, 0.29) is 24.0 Å². The van der Waals surface area contributed by atoms with Gasteiger partial charge in [0.25, 0.3) is 11.8 Å². The van der Waals surface area contributed by atoms with Crippen LogP contribution in [0.15, 0.2) is 24.3 Å². The second-order valence-corrected chi connectivity index (χ2v) is 7.34. The van der Waals surface area contributed by atoms with Crippen molar-refractivity contribution in [1.82, 2.24) is 10.3 Å². The summed E-state index contributed by atoms with van der Waals surface area (Å²) in [5.41, 5.74) is 0.805. The van der Waals surface area contributed by atoms with E-state index in [4.69, 9.17) is 4.74 Å². The predicted molar refractivity (Wildman–Crippen MR) is 93.3 cm³/mol. The molecule has 0 bridgehead atoms. The Morgan fingerprint density at radius 2 is 2.28 bits per heavy atom. The van der Waals surface area contributed by atoms with Crippen LogP contribution >= 0.6 is 11.3 Å². The van der Waals surface area contributed by atoms with E-state index >= 15 is 0 Å². The molecule has 0 unspecified atom stereocenters. The van der Waals surface area contributed by atoms with Gasteiger partial charge in [0.05, 0.1) is 5.69 Å². The first-order valence-electron chi connectivity index (χ1n) is 7.66. The van der Waals surface area contributed by atoms with Gasteiger partial charge in [-0.3, -0.25) is 19.7 Å². The lowest BCUT2D eigenvalue weighted by Crippen LogP contribution is -2.48. The van der Waals surface area contributed by atoms with Crippen LogP contribution in [0.3, 0.4) is 0 Å². The average molecular weight is 359 g/mol. The van der Waals surface area contributed by atoms with Gasteiger partial charge in [-0.1, -0.05) is 23.5 Å². The fourth-order valence-electron chi connectivity index (χ4n) is 2.51. The molecule has 0 atom stereocenters. The van der Waals surface area contributed by atoms with Gasteiger partial charge in [-0.15, -0.1) is 0 Å². The lowest BCUT2D eigenvalue weighted by molar-refractivity contribution is -0.118. The molecule has 2 N–H and O–H groups in total. The van der Waals surface area contributed by atoms with Crippen LogP contribution in [-0.2, 0) is 11.2 Å². The minimum atomic E-state index is -0.387. The highest BCUT2D eigenvalue weighted by molar-refractivity contribution is 7.17. The predicted octanol–water partition coefficient (Wildman–Crippen LogP) is 2.04. The van der Waals surface area contributed by atoms with Crippen molar-refractivity contribution in [3.8, 4) is 5.75 Å². The summed E-state index contributed by atoms with van der Waals surface area (Å²) in [5, 5.41) is 5.91. The van der Waals surface area contributed by atoms with E-state index in [9.17, 15) is 14.4 Å². The zero-order chi connectivity index (χ0) is 18.0. The lowest BCUT2D eigenvalue weighted by atomic mass is 9.94. The molecule has 2 amide bonds. The number of nitrogens with zero attached hydrogens (tertiary/aromatic N) is 1. The lowest BCUT2D eigenvalue weighted by Gasteiger charge is -2.29. The molecule has 130 valence electrons. The third kappa shape index (κ3) is 4.03. The molecule has 1 aromatic carbocycles. The van der Waals surface area contributed by atoms with Crippen LogP contribution in [0.1, 0.15) is 39.6 Å². The van der Waals surface area contributed by atoms with Gasteiger partial charge in [0.15, 0.2) is 11.7 Å². The quantitative estimate of drug-likeness (QED) is 0.796. The number of anilines is 1. The largest absolute Gasteiger partial charge is 0.484 e. The summed E-state index contributed by atoms with van der Waals surface area (Å²) in [6.45, 7) is 3.63. The number of thiazole rings is 1. The Bertz CT molecular complexity index is 844.